The molecular weight excluding hydrogens is 326 g/mol. The summed E-state index contributed by atoms with van der Waals surface area (Å²) in [6, 6.07) is 8.58. The van der Waals surface area contributed by atoms with Gasteiger partial charge in [-0.2, -0.15) is 5.10 Å². The zero-order chi connectivity index (χ0) is 17.0. The molecule has 1 saturated carbocycles. The number of H-pyrrole nitrogens is 1. The van der Waals surface area contributed by atoms with Gasteiger partial charge in [0.05, 0.1) is 11.0 Å². The van der Waals surface area contributed by atoms with E-state index < -0.39 is 9.84 Å². The van der Waals surface area contributed by atoms with Crippen LogP contribution in [0.5, 0.6) is 0 Å². The number of anilines is 1. The van der Waals surface area contributed by atoms with Gasteiger partial charge in [0, 0.05) is 11.9 Å². The molecule has 7 heteroatoms. The van der Waals surface area contributed by atoms with Crippen molar-refractivity contribution in [2.24, 2.45) is 0 Å². The molecule has 0 spiro atoms. The lowest BCUT2D eigenvalue weighted by molar-refractivity contribution is 0.102. The second-order valence-corrected chi connectivity index (χ2v) is 8.47. The quantitative estimate of drug-likeness (QED) is 0.870. The van der Waals surface area contributed by atoms with Crippen molar-refractivity contribution in [1.82, 2.24) is 10.2 Å². The van der Waals surface area contributed by atoms with Crippen LogP contribution in [0.1, 0.15) is 48.2 Å². The second kappa shape index (κ2) is 7.17. The summed E-state index contributed by atoms with van der Waals surface area (Å²) in [4.78, 5) is 12.0. The molecule has 24 heavy (non-hydrogen) atoms. The average molecular weight is 347 g/mol. The summed E-state index contributed by atoms with van der Waals surface area (Å²) in [5.41, 5.74) is 1.63. The van der Waals surface area contributed by atoms with Crippen LogP contribution in [0.15, 0.2) is 36.5 Å². The van der Waals surface area contributed by atoms with E-state index in [0.717, 1.165) is 32.1 Å². The van der Waals surface area contributed by atoms with Crippen LogP contribution >= 0.6 is 0 Å². The number of sulfone groups is 1. The predicted octanol–water partition coefficient (Wildman–Crippen LogP) is 2.91. The molecule has 1 amide bonds. The number of nitrogens with one attached hydrogen (secondary N) is 2. The highest BCUT2D eigenvalue weighted by molar-refractivity contribution is 7.91. The average Bonchev–Trinajstić information content (AvgIpc) is 3.10. The Morgan fingerprint density at radius 3 is 2.71 bits per heavy atom. The first-order valence-electron chi connectivity index (χ1n) is 8.16. The van der Waals surface area contributed by atoms with Gasteiger partial charge >= 0.3 is 0 Å². The summed E-state index contributed by atoms with van der Waals surface area (Å²) >= 11 is 0. The van der Waals surface area contributed by atoms with E-state index >= 15 is 0 Å². The van der Waals surface area contributed by atoms with E-state index in [1.54, 1.807) is 30.3 Å². The van der Waals surface area contributed by atoms with Crippen molar-refractivity contribution < 1.29 is 13.2 Å². The lowest BCUT2D eigenvalue weighted by atomic mass is 10.0. The van der Waals surface area contributed by atoms with Crippen LogP contribution in [0.4, 0.5) is 5.69 Å². The highest BCUT2D eigenvalue weighted by atomic mass is 32.2. The third kappa shape index (κ3) is 4.03. The summed E-state index contributed by atoms with van der Waals surface area (Å²) < 4.78 is 25.1. The van der Waals surface area contributed by atoms with E-state index in [9.17, 15) is 13.2 Å². The molecule has 1 fully saturated rings. The summed E-state index contributed by atoms with van der Waals surface area (Å²) in [6.45, 7) is 0. The molecule has 0 aliphatic heterocycles. The molecule has 2 aromatic rings. The molecule has 6 nitrogen and oxygen atoms in total. The van der Waals surface area contributed by atoms with Gasteiger partial charge < -0.3 is 5.32 Å². The molecule has 3 rings (SSSR count). The van der Waals surface area contributed by atoms with E-state index in [0.29, 0.717) is 16.9 Å². The second-order valence-electron chi connectivity index (χ2n) is 6.19. The van der Waals surface area contributed by atoms with Gasteiger partial charge in [-0.1, -0.05) is 31.4 Å². The molecule has 2 N–H and O–H groups in total. The van der Waals surface area contributed by atoms with Gasteiger partial charge in [-0.25, -0.2) is 8.42 Å². The minimum atomic E-state index is -3.15. The number of carbonyl (C=O) groups excluding carboxylic acids is 1. The highest BCUT2D eigenvalue weighted by Gasteiger charge is 2.27. The van der Waals surface area contributed by atoms with Crippen molar-refractivity contribution in [3.63, 3.8) is 0 Å². The van der Waals surface area contributed by atoms with Gasteiger partial charge in [0.15, 0.2) is 9.84 Å². The lowest BCUT2D eigenvalue weighted by Gasteiger charge is -2.21. The maximum absolute atomic E-state index is 12.6. The number of aromatic amines is 1. The molecule has 1 heterocycles. The molecular formula is C17H21N3O3S. The standard InChI is InChI=1S/C17H21N3O3S/c21-17(16-9-10-18-20-16)19-14-6-4-5-13(11-14)12-24(22,23)15-7-2-1-3-8-15/h4-6,9-11,15H,1-3,7-8,12H2,(H,18,20)(H,19,21). The lowest BCUT2D eigenvalue weighted by Crippen LogP contribution is -2.25. The smallest absolute Gasteiger partial charge is 0.273 e. The van der Waals surface area contributed by atoms with Crippen molar-refractivity contribution in [1.29, 1.82) is 0 Å². The van der Waals surface area contributed by atoms with Crippen LogP contribution in [0.25, 0.3) is 0 Å². The van der Waals surface area contributed by atoms with E-state index in [2.05, 4.69) is 15.5 Å². The summed E-state index contributed by atoms with van der Waals surface area (Å²) in [7, 11) is -3.15. The van der Waals surface area contributed by atoms with Crippen LogP contribution in [0, 0.1) is 0 Å². The maximum Gasteiger partial charge on any atom is 0.273 e. The Morgan fingerprint density at radius 1 is 1.21 bits per heavy atom. The first-order chi connectivity index (χ1) is 11.5. The molecule has 0 saturated heterocycles. The largest absolute Gasteiger partial charge is 0.321 e. The van der Waals surface area contributed by atoms with Crippen LogP contribution in [0.2, 0.25) is 0 Å². The van der Waals surface area contributed by atoms with Crippen molar-refractivity contribution in [3.8, 4) is 0 Å². The van der Waals surface area contributed by atoms with Gasteiger partial charge in [-0.3, -0.25) is 9.89 Å². The first-order valence-corrected chi connectivity index (χ1v) is 9.87. The Kier molecular flexibility index (Phi) is 4.99. The van der Waals surface area contributed by atoms with Crippen molar-refractivity contribution >= 4 is 21.4 Å². The van der Waals surface area contributed by atoms with Gasteiger partial charge in [-0.15, -0.1) is 0 Å². The number of amides is 1. The fraction of sp³-hybridized carbons (Fsp3) is 0.412. The molecule has 0 atom stereocenters. The van der Waals surface area contributed by atoms with Crippen LogP contribution in [0.3, 0.4) is 0 Å². The van der Waals surface area contributed by atoms with Crippen molar-refractivity contribution in [2.75, 3.05) is 5.32 Å². The topological polar surface area (TPSA) is 91.9 Å². The number of benzene rings is 1. The summed E-state index contributed by atoms with van der Waals surface area (Å²) in [5.74, 6) is -0.286. The maximum atomic E-state index is 12.6. The van der Waals surface area contributed by atoms with Crippen molar-refractivity contribution in [2.45, 2.75) is 43.1 Å². The number of hydrogen-bond donors (Lipinski definition) is 2. The third-order valence-electron chi connectivity index (χ3n) is 4.36. The zero-order valence-electron chi connectivity index (χ0n) is 13.4. The van der Waals surface area contributed by atoms with Gasteiger partial charge in [-0.05, 0) is 36.6 Å². The van der Waals surface area contributed by atoms with E-state index in [1.165, 1.54) is 6.20 Å². The Labute approximate surface area is 141 Å². The Morgan fingerprint density at radius 2 is 2.00 bits per heavy atom. The Hall–Kier alpha value is -2.15. The first kappa shape index (κ1) is 16.7. The van der Waals surface area contributed by atoms with E-state index in [1.807, 2.05) is 0 Å². The Balaban J connectivity index is 1.70. The fourth-order valence-corrected chi connectivity index (χ4v) is 5.03. The zero-order valence-corrected chi connectivity index (χ0v) is 14.2. The van der Waals surface area contributed by atoms with Gasteiger partial charge in [0.25, 0.3) is 5.91 Å². The minimum absolute atomic E-state index is 0.0193. The van der Waals surface area contributed by atoms with Gasteiger partial charge in [0.1, 0.15) is 5.69 Å². The summed E-state index contributed by atoms with van der Waals surface area (Å²) in [5, 5.41) is 8.85. The molecule has 1 aliphatic rings. The van der Waals surface area contributed by atoms with Crippen molar-refractivity contribution in [3.05, 3.63) is 47.8 Å². The minimum Gasteiger partial charge on any atom is -0.321 e. The highest BCUT2D eigenvalue weighted by Crippen LogP contribution is 2.26. The number of hydrogen-bond acceptors (Lipinski definition) is 4. The fourth-order valence-electron chi connectivity index (χ4n) is 3.09. The summed E-state index contributed by atoms with van der Waals surface area (Å²) in [6.07, 6.45) is 6.13. The SMILES string of the molecule is O=C(Nc1cccc(CS(=O)(=O)C2CCCCC2)c1)c1ccn[nH]1. The van der Waals surface area contributed by atoms with E-state index in [-0.39, 0.29) is 16.9 Å². The molecule has 0 bridgehead atoms. The predicted molar refractivity (Wildman–Crippen MR) is 92.5 cm³/mol. The molecule has 0 radical (unpaired) electrons. The monoisotopic (exact) mass is 347 g/mol. The molecule has 1 aromatic carbocycles. The number of carbonyl (C=O) groups is 1. The van der Waals surface area contributed by atoms with Crippen LogP contribution in [-0.4, -0.2) is 29.8 Å². The number of rotatable bonds is 5. The van der Waals surface area contributed by atoms with Gasteiger partial charge in [0.2, 0.25) is 0 Å². The molecule has 0 unspecified atom stereocenters. The van der Waals surface area contributed by atoms with E-state index in [4.69, 9.17) is 0 Å². The normalized spacial score (nSPS) is 16.0. The van der Waals surface area contributed by atoms with Crippen LogP contribution in [-0.2, 0) is 15.6 Å². The van der Waals surface area contributed by atoms with Crippen LogP contribution < -0.4 is 5.32 Å². The number of aromatic nitrogens is 2. The molecule has 1 aliphatic carbocycles. The Bertz CT molecular complexity index is 794. The molecule has 1 aromatic heterocycles. The number of nitrogens with zero attached hydrogens (tertiary/aromatic N) is 1. The molecule has 128 valence electrons. The third-order valence-corrected chi connectivity index (χ3v) is 6.58.